The van der Waals surface area contributed by atoms with E-state index in [2.05, 4.69) is 0 Å². The molecule has 0 radical (unpaired) electrons. The Bertz CT molecular complexity index is 551. The van der Waals surface area contributed by atoms with Crippen LogP contribution in [-0.2, 0) is 11.3 Å². The number of halogens is 1. The van der Waals surface area contributed by atoms with Crippen molar-refractivity contribution in [1.82, 2.24) is 0 Å². The molecule has 0 unspecified atom stereocenters. The summed E-state index contributed by atoms with van der Waals surface area (Å²) in [7, 11) is 0. The molecular formula is C12H7FN2O2. The summed E-state index contributed by atoms with van der Waals surface area (Å²) in [5, 5.41) is 17.3. The van der Waals surface area contributed by atoms with Crippen molar-refractivity contribution >= 4 is 6.08 Å². The van der Waals surface area contributed by atoms with Gasteiger partial charge < -0.3 is 9.47 Å². The van der Waals surface area contributed by atoms with Gasteiger partial charge in [0.25, 0.3) is 0 Å². The van der Waals surface area contributed by atoms with Crippen LogP contribution in [-0.4, -0.2) is 6.79 Å². The van der Waals surface area contributed by atoms with E-state index in [0.717, 1.165) is 0 Å². The zero-order chi connectivity index (χ0) is 12.3. The maximum Gasteiger partial charge on any atom is 0.189 e. The van der Waals surface area contributed by atoms with Crippen LogP contribution in [0.15, 0.2) is 17.7 Å². The third-order valence-corrected chi connectivity index (χ3v) is 2.24. The van der Waals surface area contributed by atoms with Crippen LogP contribution in [0.1, 0.15) is 11.1 Å². The molecule has 0 amide bonds. The molecule has 4 nitrogen and oxygen atoms in total. The molecule has 0 N–H and O–H groups in total. The van der Waals surface area contributed by atoms with E-state index < -0.39 is 5.82 Å². The Morgan fingerprint density at radius 3 is 2.82 bits per heavy atom. The molecule has 1 aliphatic heterocycles. The Balaban J connectivity index is 2.55. The lowest BCUT2D eigenvalue weighted by molar-refractivity contribution is -0.0167. The molecule has 0 bridgehead atoms. The van der Waals surface area contributed by atoms with Gasteiger partial charge >= 0.3 is 0 Å². The average molecular weight is 230 g/mol. The zero-order valence-electron chi connectivity index (χ0n) is 8.74. The van der Waals surface area contributed by atoms with Crippen molar-refractivity contribution in [2.24, 2.45) is 0 Å². The number of allylic oxidation sites excluding steroid dienone is 1. The SMILES string of the molecule is N#CC(C#N)=Cc1cc(F)cc2c1OCOC2. The molecule has 0 fully saturated rings. The number of hydrogen-bond donors (Lipinski definition) is 0. The van der Waals surface area contributed by atoms with Crippen LogP contribution in [0.2, 0.25) is 0 Å². The van der Waals surface area contributed by atoms with Crippen LogP contribution in [0.4, 0.5) is 4.39 Å². The first-order valence-corrected chi connectivity index (χ1v) is 4.79. The van der Waals surface area contributed by atoms with Gasteiger partial charge in [-0.25, -0.2) is 4.39 Å². The van der Waals surface area contributed by atoms with Crippen molar-refractivity contribution in [2.45, 2.75) is 6.61 Å². The molecule has 1 aromatic rings. The van der Waals surface area contributed by atoms with Gasteiger partial charge in [-0.3, -0.25) is 0 Å². The van der Waals surface area contributed by atoms with Crippen LogP contribution in [0.5, 0.6) is 5.75 Å². The van der Waals surface area contributed by atoms with E-state index >= 15 is 0 Å². The van der Waals surface area contributed by atoms with Gasteiger partial charge in [0.2, 0.25) is 0 Å². The monoisotopic (exact) mass is 230 g/mol. The van der Waals surface area contributed by atoms with E-state index in [1.165, 1.54) is 18.2 Å². The van der Waals surface area contributed by atoms with Crippen molar-refractivity contribution in [3.8, 4) is 17.9 Å². The largest absolute Gasteiger partial charge is 0.467 e. The topological polar surface area (TPSA) is 66.0 Å². The Morgan fingerprint density at radius 1 is 1.35 bits per heavy atom. The second kappa shape index (κ2) is 4.65. The van der Waals surface area contributed by atoms with Gasteiger partial charge in [0.05, 0.1) is 6.61 Å². The van der Waals surface area contributed by atoms with Crippen molar-refractivity contribution < 1.29 is 13.9 Å². The summed E-state index contributed by atoms with van der Waals surface area (Å²) in [4.78, 5) is 0. The van der Waals surface area contributed by atoms with Gasteiger partial charge in [-0.1, -0.05) is 0 Å². The Labute approximate surface area is 97.1 Å². The van der Waals surface area contributed by atoms with E-state index in [0.29, 0.717) is 16.9 Å². The van der Waals surface area contributed by atoms with Crippen molar-refractivity contribution in [1.29, 1.82) is 10.5 Å². The van der Waals surface area contributed by atoms with Crippen molar-refractivity contribution in [3.63, 3.8) is 0 Å². The molecule has 0 spiro atoms. The van der Waals surface area contributed by atoms with Gasteiger partial charge in [-0.15, -0.1) is 0 Å². The van der Waals surface area contributed by atoms with E-state index in [1.54, 1.807) is 12.1 Å². The quantitative estimate of drug-likeness (QED) is 0.693. The van der Waals surface area contributed by atoms with E-state index in [1.807, 2.05) is 0 Å². The van der Waals surface area contributed by atoms with Crippen LogP contribution in [0, 0.1) is 28.5 Å². The lowest BCUT2D eigenvalue weighted by Gasteiger charge is -2.19. The molecule has 1 aromatic carbocycles. The predicted octanol–water partition coefficient (Wildman–Crippen LogP) is 2.12. The highest BCUT2D eigenvalue weighted by atomic mass is 19.1. The maximum atomic E-state index is 13.3. The van der Waals surface area contributed by atoms with Gasteiger partial charge in [-0.2, -0.15) is 10.5 Å². The molecule has 1 aliphatic rings. The van der Waals surface area contributed by atoms with Crippen LogP contribution < -0.4 is 4.74 Å². The molecule has 0 aromatic heterocycles. The summed E-state index contributed by atoms with van der Waals surface area (Å²) < 4.78 is 23.6. The van der Waals surface area contributed by atoms with Gasteiger partial charge in [0, 0.05) is 11.1 Å². The van der Waals surface area contributed by atoms with Crippen molar-refractivity contribution in [3.05, 3.63) is 34.6 Å². The average Bonchev–Trinajstić information content (AvgIpc) is 2.35. The van der Waals surface area contributed by atoms with E-state index in [-0.39, 0.29) is 19.0 Å². The first-order chi connectivity index (χ1) is 8.24. The van der Waals surface area contributed by atoms with Gasteiger partial charge in [-0.05, 0) is 18.2 Å². The summed E-state index contributed by atoms with van der Waals surface area (Å²) in [5.41, 5.74) is 0.840. The minimum Gasteiger partial charge on any atom is -0.467 e. The third kappa shape index (κ3) is 2.25. The first kappa shape index (κ1) is 11.1. The summed E-state index contributed by atoms with van der Waals surface area (Å²) in [6, 6.07) is 5.97. The number of hydrogen-bond acceptors (Lipinski definition) is 4. The van der Waals surface area contributed by atoms with Gasteiger partial charge in [0.15, 0.2) is 6.79 Å². The molecule has 2 rings (SSSR count). The molecular weight excluding hydrogens is 223 g/mol. The normalized spacial score (nSPS) is 12.6. The number of fused-ring (bicyclic) bond motifs is 1. The predicted molar refractivity (Wildman–Crippen MR) is 55.9 cm³/mol. The number of benzene rings is 1. The fraction of sp³-hybridized carbons (Fsp3) is 0.167. The Hall–Kier alpha value is -2.37. The smallest absolute Gasteiger partial charge is 0.189 e. The minimum atomic E-state index is -0.459. The van der Waals surface area contributed by atoms with Crippen molar-refractivity contribution in [2.75, 3.05) is 6.79 Å². The van der Waals surface area contributed by atoms with Gasteiger partial charge in [0.1, 0.15) is 29.3 Å². The van der Waals surface area contributed by atoms with E-state index in [9.17, 15) is 4.39 Å². The summed E-state index contributed by atoms with van der Waals surface area (Å²) >= 11 is 0. The van der Waals surface area contributed by atoms with Crippen LogP contribution >= 0.6 is 0 Å². The minimum absolute atomic E-state index is 0.0773. The van der Waals surface area contributed by atoms with E-state index in [4.69, 9.17) is 20.0 Å². The van der Waals surface area contributed by atoms with Crippen LogP contribution in [0.25, 0.3) is 6.08 Å². The lowest BCUT2D eigenvalue weighted by atomic mass is 10.1. The number of nitriles is 2. The Morgan fingerprint density at radius 2 is 2.12 bits per heavy atom. The highest BCUT2D eigenvalue weighted by molar-refractivity contribution is 5.67. The summed E-state index contributed by atoms with van der Waals surface area (Å²) in [6.45, 7) is 0.330. The number of ether oxygens (including phenoxy) is 2. The zero-order valence-corrected chi connectivity index (χ0v) is 8.74. The molecule has 0 saturated carbocycles. The molecule has 17 heavy (non-hydrogen) atoms. The lowest BCUT2D eigenvalue weighted by Crippen LogP contribution is -2.12. The molecule has 0 saturated heterocycles. The standard InChI is InChI=1S/C12H7FN2O2/c13-11-2-9(1-8(4-14)5-15)12-10(3-11)6-16-7-17-12/h1-3H,6-7H2. The Kier molecular flexibility index (Phi) is 3.04. The summed E-state index contributed by atoms with van der Waals surface area (Å²) in [6.07, 6.45) is 1.30. The summed E-state index contributed by atoms with van der Waals surface area (Å²) in [5.74, 6) is -0.0000189. The molecule has 1 heterocycles. The molecule has 0 atom stereocenters. The number of rotatable bonds is 1. The fourth-order valence-electron chi connectivity index (χ4n) is 1.56. The third-order valence-electron chi connectivity index (χ3n) is 2.24. The first-order valence-electron chi connectivity index (χ1n) is 4.79. The maximum absolute atomic E-state index is 13.3. The highest BCUT2D eigenvalue weighted by Gasteiger charge is 2.16. The second-order valence-electron chi connectivity index (χ2n) is 3.38. The van der Waals surface area contributed by atoms with Crippen LogP contribution in [0.3, 0.4) is 0 Å². The fourth-order valence-corrected chi connectivity index (χ4v) is 1.56. The molecule has 0 aliphatic carbocycles. The highest BCUT2D eigenvalue weighted by Crippen LogP contribution is 2.30. The molecule has 84 valence electrons. The number of nitrogens with zero attached hydrogens (tertiary/aromatic N) is 2. The second-order valence-corrected chi connectivity index (χ2v) is 3.38. The molecule has 5 heteroatoms.